The first-order valence-electron chi connectivity index (χ1n) is 6.84. The molecule has 0 amide bonds. The number of unbranched alkanes of at least 4 members (excludes halogenated alkanes) is 1. The van der Waals surface area contributed by atoms with Crippen LogP contribution in [-0.2, 0) is 6.54 Å². The maximum Gasteiger partial charge on any atom is 0.193 e. The fraction of sp³-hybridized carbons (Fsp3) is 0.571. The molecule has 0 saturated heterocycles. The summed E-state index contributed by atoms with van der Waals surface area (Å²) in [6.07, 6.45) is 9.66. The summed E-state index contributed by atoms with van der Waals surface area (Å²) in [5.41, 5.74) is 0. The number of aliphatic imine (C=N–C) groups is 1. The first-order chi connectivity index (χ1) is 9.27. The molecule has 0 radical (unpaired) electrons. The minimum Gasteiger partial charge on any atom is -0.357 e. The lowest BCUT2D eigenvalue weighted by atomic mass is 10.3. The summed E-state index contributed by atoms with van der Waals surface area (Å²) >= 11 is 0. The molecule has 0 aliphatic heterocycles. The fourth-order valence-electron chi connectivity index (χ4n) is 1.74. The van der Waals surface area contributed by atoms with Crippen molar-refractivity contribution in [1.82, 2.24) is 19.8 Å². The van der Waals surface area contributed by atoms with Gasteiger partial charge in [-0.2, -0.15) is 0 Å². The van der Waals surface area contributed by atoms with Gasteiger partial charge in [-0.15, -0.1) is 6.58 Å². The molecule has 0 fully saturated rings. The zero-order chi connectivity index (χ0) is 13.9. The van der Waals surface area contributed by atoms with Gasteiger partial charge in [0, 0.05) is 39.1 Å². The maximum absolute atomic E-state index is 4.62. The lowest BCUT2D eigenvalue weighted by Crippen LogP contribution is -2.39. The third-order valence-corrected chi connectivity index (χ3v) is 2.78. The first-order valence-corrected chi connectivity index (χ1v) is 6.84. The zero-order valence-corrected chi connectivity index (χ0v) is 12.0. The van der Waals surface area contributed by atoms with E-state index in [1.165, 1.54) is 0 Å². The molecule has 1 aromatic rings. The van der Waals surface area contributed by atoms with Crippen molar-refractivity contribution in [2.24, 2.45) is 4.99 Å². The zero-order valence-electron chi connectivity index (χ0n) is 12.0. The van der Waals surface area contributed by atoms with Gasteiger partial charge in [0.15, 0.2) is 5.96 Å². The number of nitrogens with zero attached hydrogens (tertiary/aromatic N) is 4. The van der Waals surface area contributed by atoms with Gasteiger partial charge in [-0.3, -0.25) is 4.99 Å². The summed E-state index contributed by atoms with van der Waals surface area (Å²) in [6, 6.07) is 0. The van der Waals surface area contributed by atoms with Gasteiger partial charge < -0.3 is 14.8 Å². The second-order valence-corrected chi connectivity index (χ2v) is 4.39. The number of imidazole rings is 1. The number of allylic oxidation sites excluding steroid dienone is 1. The van der Waals surface area contributed by atoms with E-state index in [1.807, 2.05) is 23.2 Å². The Hall–Kier alpha value is -1.78. The highest BCUT2D eigenvalue weighted by Gasteiger charge is 2.04. The number of aromatic nitrogens is 2. The molecule has 1 rings (SSSR count). The van der Waals surface area contributed by atoms with Gasteiger partial charge >= 0.3 is 0 Å². The molecule has 1 N–H and O–H groups in total. The van der Waals surface area contributed by atoms with Crippen molar-refractivity contribution in [3.8, 4) is 0 Å². The fourth-order valence-corrected chi connectivity index (χ4v) is 1.74. The van der Waals surface area contributed by atoms with Gasteiger partial charge in [0.05, 0.1) is 12.9 Å². The van der Waals surface area contributed by atoms with Gasteiger partial charge in [-0.1, -0.05) is 6.08 Å². The molecule has 5 heteroatoms. The number of guanidine groups is 1. The smallest absolute Gasteiger partial charge is 0.193 e. The van der Waals surface area contributed by atoms with Crippen molar-refractivity contribution in [2.45, 2.75) is 26.3 Å². The highest BCUT2D eigenvalue weighted by atomic mass is 15.3. The first kappa shape index (κ1) is 15.3. The topological polar surface area (TPSA) is 45.5 Å². The van der Waals surface area contributed by atoms with Crippen LogP contribution in [0.1, 0.15) is 19.8 Å². The van der Waals surface area contributed by atoms with Crippen LogP contribution in [0.3, 0.4) is 0 Å². The summed E-state index contributed by atoms with van der Waals surface area (Å²) in [7, 11) is 2.07. The largest absolute Gasteiger partial charge is 0.357 e. The molecule has 1 heterocycles. The van der Waals surface area contributed by atoms with Crippen molar-refractivity contribution in [3.05, 3.63) is 31.4 Å². The molecule has 0 aliphatic rings. The number of hydrogen-bond donors (Lipinski definition) is 1. The Labute approximate surface area is 116 Å². The Bertz CT molecular complexity index is 369. The van der Waals surface area contributed by atoms with E-state index >= 15 is 0 Å². The average Bonchev–Trinajstić information content (AvgIpc) is 2.91. The molecular weight excluding hydrogens is 238 g/mol. The molecule has 106 valence electrons. The highest BCUT2D eigenvalue weighted by Crippen LogP contribution is 1.95. The highest BCUT2D eigenvalue weighted by molar-refractivity contribution is 5.79. The second kappa shape index (κ2) is 9.19. The summed E-state index contributed by atoms with van der Waals surface area (Å²) in [5.74, 6) is 0.965. The Morgan fingerprint density at radius 2 is 2.42 bits per heavy atom. The van der Waals surface area contributed by atoms with Crippen molar-refractivity contribution in [1.29, 1.82) is 0 Å². The van der Waals surface area contributed by atoms with Crippen LogP contribution in [0.2, 0.25) is 0 Å². The monoisotopic (exact) mass is 263 g/mol. The van der Waals surface area contributed by atoms with Crippen molar-refractivity contribution in [3.63, 3.8) is 0 Å². The summed E-state index contributed by atoms with van der Waals surface area (Å²) in [4.78, 5) is 10.8. The lowest BCUT2D eigenvalue weighted by Gasteiger charge is -2.21. The van der Waals surface area contributed by atoms with Crippen LogP contribution in [-0.4, -0.2) is 47.1 Å². The number of hydrogen-bond acceptors (Lipinski definition) is 2. The van der Waals surface area contributed by atoms with E-state index < -0.39 is 0 Å². The molecule has 0 aromatic carbocycles. The molecule has 1 aromatic heterocycles. The van der Waals surface area contributed by atoms with Crippen molar-refractivity contribution in [2.75, 3.05) is 26.7 Å². The van der Waals surface area contributed by atoms with E-state index in [0.717, 1.165) is 45.0 Å². The Morgan fingerprint density at radius 1 is 1.58 bits per heavy atom. The summed E-state index contributed by atoms with van der Waals surface area (Å²) in [6.45, 7) is 9.31. The van der Waals surface area contributed by atoms with Crippen LogP contribution < -0.4 is 5.32 Å². The van der Waals surface area contributed by atoms with E-state index in [4.69, 9.17) is 0 Å². The molecule has 0 unspecified atom stereocenters. The van der Waals surface area contributed by atoms with Crippen molar-refractivity contribution < 1.29 is 0 Å². The van der Waals surface area contributed by atoms with Crippen LogP contribution in [0.25, 0.3) is 0 Å². The second-order valence-electron chi connectivity index (χ2n) is 4.39. The molecule has 0 saturated carbocycles. The van der Waals surface area contributed by atoms with E-state index in [9.17, 15) is 0 Å². The van der Waals surface area contributed by atoms with Gasteiger partial charge in [-0.05, 0) is 19.8 Å². The summed E-state index contributed by atoms with van der Waals surface area (Å²) in [5, 5.41) is 3.31. The average molecular weight is 263 g/mol. The molecule has 0 aliphatic carbocycles. The normalized spacial score (nSPS) is 11.4. The maximum atomic E-state index is 4.62. The quantitative estimate of drug-likeness (QED) is 0.336. The number of rotatable bonds is 8. The minimum atomic E-state index is 0.754. The summed E-state index contributed by atoms with van der Waals surface area (Å²) < 4.78 is 2.03. The van der Waals surface area contributed by atoms with E-state index in [-0.39, 0.29) is 0 Å². The van der Waals surface area contributed by atoms with Crippen LogP contribution in [0.15, 0.2) is 36.4 Å². The predicted octanol–water partition coefficient (Wildman–Crippen LogP) is 1.75. The third-order valence-electron chi connectivity index (χ3n) is 2.78. The van der Waals surface area contributed by atoms with Gasteiger partial charge in [0.1, 0.15) is 0 Å². The molecule has 0 atom stereocenters. The van der Waals surface area contributed by atoms with Crippen LogP contribution in [0, 0.1) is 0 Å². The van der Waals surface area contributed by atoms with Crippen molar-refractivity contribution >= 4 is 5.96 Å². The molecule has 0 spiro atoms. The lowest BCUT2D eigenvalue weighted by molar-refractivity contribution is 0.469. The van der Waals surface area contributed by atoms with E-state index in [0.29, 0.717) is 0 Å². The van der Waals surface area contributed by atoms with Crippen LogP contribution in [0.5, 0.6) is 0 Å². The minimum absolute atomic E-state index is 0.754. The third kappa shape index (κ3) is 6.08. The van der Waals surface area contributed by atoms with Gasteiger partial charge in [-0.25, -0.2) is 4.98 Å². The van der Waals surface area contributed by atoms with Gasteiger partial charge in [0.2, 0.25) is 0 Å². The Kier molecular flexibility index (Phi) is 7.39. The molecule has 19 heavy (non-hydrogen) atoms. The SMILES string of the molecule is C=CCCCN(C)C(=NCCn1ccnc1)NCC. The Morgan fingerprint density at radius 3 is 3.05 bits per heavy atom. The van der Waals surface area contributed by atoms with E-state index in [2.05, 4.69) is 40.7 Å². The molecule has 5 nitrogen and oxygen atoms in total. The van der Waals surface area contributed by atoms with Crippen LogP contribution in [0.4, 0.5) is 0 Å². The molecule has 0 bridgehead atoms. The van der Waals surface area contributed by atoms with Crippen LogP contribution >= 0.6 is 0 Å². The van der Waals surface area contributed by atoms with E-state index in [1.54, 1.807) is 6.20 Å². The standard InChI is InChI=1S/C14H25N5/c1-4-6-7-10-18(3)14(16-5-2)17-9-12-19-11-8-15-13-19/h4,8,11,13H,1,5-7,9-10,12H2,2-3H3,(H,16,17). The number of nitrogens with one attached hydrogen (secondary N) is 1. The Balaban J connectivity index is 2.42. The molecular formula is C14H25N5. The van der Waals surface area contributed by atoms with Gasteiger partial charge in [0.25, 0.3) is 0 Å². The predicted molar refractivity (Wildman–Crippen MR) is 80.3 cm³/mol.